The molecule has 2 amide bonds. The van der Waals surface area contributed by atoms with Crippen LogP contribution in [0.2, 0.25) is 0 Å². The lowest BCUT2D eigenvalue weighted by molar-refractivity contribution is -0.139. The Morgan fingerprint density at radius 1 is 1.14 bits per heavy atom. The predicted molar refractivity (Wildman–Crippen MR) is 115 cm³/mol. The molecule has 1 fully saturated rings. The topological polar surface area (TPSA) is 40.6 Å². The van der Waals surface area contributed by atoms with Gasteiger partial charge in [0.2, 0.25) is 11.8 Å². The summed E-state index contributed by atoms with van der Waals surface area (Å²) in [4.78, 5) is 29.2. The fourth-order valence-electron chi connectivity index (χ4n) is 4.07. The molecule has 0 spiro atoms. The van der Waals surface area contributed by atoms with Crippen LogP contribution in [0.3, 0.4) is 0 Å². The average Bonchev–Trinajstić information content (AvgIpc) is 3.32. The molecule has 2 aromatic rings. The third kappa shape index (κ3) is 4.46. The molecule has 0 saturated carbocycles. The van der Waals surface area contributed by atoms with Gasteiger partial charge in [-0.25, -0.2) is 0 Å². The second-order valence-electron chi connectivity index (χ2n) is 8.53. The van der Waals surface area contributed by atoms with E-state index in [9.17, 15) is 9.59 Å². The highest BCUT2D eigenvalue weighted by atomic mass is 32.1. The molecule has 2 heterocycles. The molecule has 1 aromatic carbocycles. The maximum Gasteiger partial charge on any atom is 0.230 e. The number of hydrogen-bond donors (Lipinski definition) is 0. The molecule has 3 rings (SSSR count). The van der Waals surface area contributed by atoms with Gasteiger partial charge in [-0.2, -0.15) is 11.3 Å². The van der Waals surface area contributed by atoms with Crippen LogP contribution >= 0.6 is 11.3 Å². The first-order valence-electron chi connectivity index (χ1n) is 9.92. The van der Waals surface area contributed by atoms with Gasteiger partial charge in [-0.3, -0.25) is 9.59 Å². The first-order chi connectivity index (χ1) is 13.3. The number of likely N-dealkylation sites (tertiary alicyclic amines) is 1. The van der Waals surface area contributed by atoms with Crippen molar-refractivity contribution in [2.24, 2.45) is 11.3 Å². The number of benzene rings is 1. The molecule has 0 bridgehead atoms. The van der Waals surface area contributed by atoms with Crippen LogP contribution in [0.25, 0.3) is 11.1 Å². The van der Waals surface area contributed by atoms with E-state index in [4.69, 9.17) is 0 Å². The summed E-state index contributed by atoms with van der Waals surface area (Å²) in [5.74, 6) is 0.613. The van der Waals surface area contributed by atoms with Gasteiger partial charge in [-0.05, 0) is 52.3 Å². The Kier molecular flexibility index (Phi) is 6.23. The quantitative estimate of drug-likeness (QED) is 0.727. The molecule has 1 aliphatic rings. The van der Waals surface area contributed by atoms with Gasteiger partial charge in [0.25, 0.3) is 0 Å². The van der Waals surface area contributed by atoms with Crippen molar-refractivity contribution in [3.05, 3.63) is 46.7 Å². The first kappa shape index (κ1) is 20.6. The van der Waals surface area contributed by atoms with Gasteiger partial charge in [-0.1, -0.05) is 38.1 Å². The summed E-state index contributed by atoms with van der Waals surface area (Å²) in [5.41, 5.74) is 3.03. The highest BCUT2D eigenvalue weighted by molar-refractivity contribution is 7.08. The van der Waals surface area contributed by atoms with Crippen LogP contribution < -0.4 is 0 Å². The molecule has 28 heavy (non-hydrogen) atoms. The Balaban J connectivity index is 1.79. The van der Waals surface area contributed by atoms with Gasteiger partial charge in [-0.15, -0.1) is 0 Å². The van der Waals surface area contributed by atoms with Crippen molar-refractivity contribution in [3.63, 3.8) is 0 Å². The summed E-state index contributed by atoms with van der Waals surface area (Å²) < 4.78 is 0. The van der Waals surface area contributed by atoms with Gasteiger partial charge in [0, 0.05) is 33.6 Å². The Morgan fingerprint density at radius 3 is 2.43 bits per heavy atom. The number of nitrogens with zero attached hydrogens (tertiary/aromatic N) is 2. The normalized spacial score (nSPS) is 19.2. The standard InChI is InChI=1S/C23H30N2O2S/c1-17(2)13-21(26)25-11-10-23(16-25,22(27)24(3)4)14-18-5-7-19(8-6-18)20-9-12-28-15-20/h5-9,12,15,17H,10-11,13-14,16H2,1-4H3/t23-/m1/s1. The largest absolute Gasteiger partial charge is 0.348 e. The van der Waals surface area contributed by atoms with Crippen LogP contribution in [0, 0.1) is 11.3 Å². The fraction of sp³-hybridized carbons (Fsp3) is 0.478. The molecule has 4 nitrogen and oxygen atoms in total. The van der Waals surface area contributed by atoms with Crippen molar-refractivity contribution < 1.29 is 9.59 Å². The first-order valence-corrected chi connectivity index (χ1v) is 10.9. The molecule has 0 unspecified atom stereocenters. The van der Waals surface area contributed by atoms with Crippen LogP contribution in [0.15, 0.2) is 41.1 Å². The molecule has 150 valence electrons. The molecular weight excluding hydrogens is 368 g/mol. The van der Waals surface area contributed by atoms with Crippen molar-refractivity contribution in [2.75, 3.05) is 27.2 Å². The highest BCUT2D eigenvalue weighted by Crippen LogP contribution is 2.37. The summed E-state index contributed by atoms with van der Waals surface area (Å²) in [6, 6.07) is 10.6. The third-order valence-corrected chi connectivity index (χ3v) is 6.18. The van der Waals surface area contributed by atoms with Gasteiger partial charge >= 0.3 is 0 Å². The van der Waals surface area contributed by atoms with E-state index in [0.717, 1.165) is 12.0 Å². The second kappa shape index (κ2) is 8.48. The Labute approximate surface area is 172 Å². The van der Waals surface area contributed by atoms with E-state index in [1.165, 1.54) is 11.1 Å². The summed E-state index contributed by atoms with van der Waals surface area (Å²) in [7, 11) is 3.62. The van der Waals surface area contributed by atoms with Crippen LogP contribution in [0.1, 0.15) is 32.3 Å². The maximum absolute atomic E-state index is 13.1. The molecule has 0 aliphatic carbocycles. The summed E-state index contributed by atoms with van der Waals surface area (Å²) in [6.45, 7) is 5.29. The molecule has 5 heteroatoms. The zero-order valence-corrected chi connectivity index (χ0v) is 18.1. The van der Waals surface area contributed by atoms with Gasteiger partial charge in [0.1, 0.15) is 0 Å². The molecular formula is C23H30N2O2S. The number of carbonyl (C=O) groups is 2. The molecule has 1 aliphatic heterocycles. The van der Waals surface area contributed by atoms with Crippen molar-refractivity contribution in [1.29, 1.82) is 0 Å². The van der Waals surface area contributed by atoms with Crippen LogP contribution in [-0.2, 0) is 16.0 Å². The molecule has 0 radical (unpaired) electrons. The fourth-order valence-corrected chi connectivity index (χ4v) is 4.73. The molecule has 1 aromatic heterocycles. The number of hydrogen-bond acceptors (Lipinski definition) is 3. The SMILES string of the molecule is CC(C)CC(=O)N1CC[C@](Cc2ccc(-c3ccsc3)cc2)(C(=O)N(C)C)C1. The van der Waals surface area contributed by atoms with Crippen LogP contribution in [0.4, 0.5) is 0 Å². The summed E-state index contributed by atoms with van der Waals surface area (Å²) >= 11 is 1.69. The minimum atomic E-state index is -0.528. The van der Waals surface area contributed by atoms with E-state index in [1.807, 2.05) is 19.0 Å². The number of thiophene rings is 1. The molecule has 1 saturated heterocycles. The number of carbonyl (C=O) groups excluding carboxylic acids is 2. The lowest BCUT2D eigenvalue weighted by atomic mass is 9.79. The van der Waals surface area contributed by atoms with E-state index in [-0.39, 0.29) is 11.8 Å². The zero-order valence-electron chi connectivity index (χ0n) is 17.3. The lowest BCUT2D eigenvalue weighted by Crippen LogP contribution is -2.44. The van der Waals surface area contributed by atoms with Crippen molar-refractivity contribution in [1.82, 2.24) is 9.80 Å². The molecule has 0 N–H and O–H groups in total. The summed E-state index contributed by atoms with van der Waals surface area (Å²) in [5, 5.41) is 4.22. The predicted octanol–water partition coefficient (Wildman–Crippen LogP) is 4.31. The average molecular weight is 399 g/mol. The van der Waals surface area contributed by atoms with Gasteiger partial charge in [0.15, 0.2) is 0 Å². The smallest absolute Gasteiger partial charge is 0.230 e. The number of amides is 2. The van der Waals surface area contributed by atoms with Crippen LogP contribution in [-0.4, -0.2) is 48.8 Å². The Bertz CT molecular complexity index is 812. The minimum absolute atomic E-state index is 0.120. The maximum atomic E-state index is 13.1. The third-order valence-electron chi connectivity index (χ3n) is 5.50. The van der Waals surface area contributed by atoms with E-state index in [1.54, 1.807) is 16.2 Å². The van der Waals surface area contributed by atoms with E-state index >= 15 is 0 Å². The zero-order chi connectivity index (χ0) is 20.3. The minimum Gasteiger partial charge on any atom is -0.348 e. The van der Waals surface area contributed by atoms with Gasteiger partial charge < -0.3 is 9.80 Å². The lowest BCUT2D eigenvalue weighted by Gasteiger charge is -2.31. The van der Waals surface area contributed by atoms with E-state index < -0.39 is 5.41 Å². The van der Waals surface area contributed by atoms with Crippen molar-refractivity contribution in [3.8, 4) is 11.1 Å². The second-order valence-corrected chi connectivity index (χ2v) is 9.31. The van der Waals surface area contributed by atoms with Crippen molar-refractivity contribution >= 4 is 23.2 Å². The van der Waals surface area contributed by atoms with Crippen LogP contribution in [0.5, 0.6) is 0 Å². The Morgan fingerprint density at radius 2 is 1.86 bits per heavy atom. The monoisotopic (exact) mass is 398 g/mol. The summed E-state index contributed by atoms with van der Waals surface area (Å²) in [6.07, 6.45) is 1.93. The molecule has 1 atom stereocenters. The van der Waals surface area contributed by atoms with Crippen molar-refractivity contribution in [2.45, 2.75) is 33.1 Å². The van der Waals surface area contributed by atoms with E-state index in [0.29, 0.717) is 31.8 Å². The van der Waals surface area contributed by atoms with E-state index in [2.05, 4.69) is 54.9 Å². The Hall–Kier alpha value is -2.14. The highest BCUT2D eigenvalue weighted by Gasteiger charge is 2.46. The number of rotatable bonds is 6. The van der Waals surface area contributed by atoms with Gasteiger partial charge in [0.05, 0.1) is 5.41 Å².